The molecule has 654 valence electrons. The number of aliphatic hydroxyl groups is 1. The monoisotopic (exact) mass is 1610 g/mol. The average Bonchev–Trinajstić information content (AvgIpc) is 0.900. The predicted octanol–water partition coefficient (Wildman–Crippen LogP) is 28.2. The van der Waals surface area contributed by atoms with E-state index in [1.54, 1.807) is 0 Å². The van der Waals surface area contributed by atoms with Crippen LogP contribution in [0, 0.1) is 11.8 Å². The van der Waals surface area contributed by atoms with Crippen molar-refractivity contribution in [2.45, 2.75) is 509 Å². The molecular weight excluding hydrogens is 1430 g/mol. The van der Waals surface area contributed by atoms with Gasteiger partial charge in [-0.25, -0.2) is 9.13 Å². The van der Waals surface area contributed by atoms with Crippen LogP contribution in [0.3, 0.4) is 0 Å². The first-order valence-corrected chi connectivity index (χ1v) is 50.0. The maximum Gasteiger partial charge on any atom is 0.472 e. The first-order valence-electron chi connectivity index (χ1n) is 47.0. The number of carbonyl (C=O) groups excluding carboxylic acids is 4. The Morgan fingerprint density at radius 3 is 0.691 bits per heavy atom. The Morgan fingerprint density at radius 1 is 0.264 bits per heavy atom. The number of hydrogen-bond donors (Lipinski definition) is 3. The number of rotatable bonds is 90. The Morgan fingerprint density at radius 2 is 0.464 bits per heavy atom. The van der Waals surface area contributed by atoms with E-state index in [9.17, 15) is 43.2 Å². The number of aliphatic hydroxyl groups excluding tert-OH is 1. The smallest absolute Gasteiger partial charge is 0.462 e. The molecule has 0 aliphatic rings. The topological polar surface area (TPSA) is 237 Å². The fourth-order valence-electron chi connectivity index (χ4n) is 14.3. The van der Waals surface area contributed by atoms with Gasteiger partial charge in [0, 0.05) is 25.7 Å². The molecule has 0 radical (unpaired) electrons. The van der Waals surface area contributed by atoms with Crippen LogP contribution in [0.1, 0.15) is 491 Å². The van der Waals surface area contributed by atoms with Gasteiger partial charge in [-0.15, -0.1) is 0 Å². The van der Waals surface area contributed by atoms with Crippen molar-refractivity contribution in [3.63, 3.8) is 0 Å². The zero-order valence-corrected chi connectivity index (χ0v) is 74.4. The van der Waals surface area contributed by atoms with E-state index in [2.05, 4.69) is 41.5 Å². The summed E-state index contributed by atoms with van der Waals surface area (Å²) in [6, 6.07) is 0. The predicted molar refractivity (Wildman–Crippen MR) is 455 cm³/mol. The van der Waals surface area contributed by atoms with Crippen LogP contribution in [0.2, 0.25) is 0 Å². The summed E-state index contributed by atoms with van der Waals surface area (Å²) < 4.78 is 69.0. The summed E-state index contributed by atoms with van der Waals surface area (Å²) in [6.07, 6.45) is 76.4. The van der Waals surface area contributed by atoms with E-state index in [1.807, 2.05) is 0 Å². The average molecular weight is 1610 g/mol. The van der Waals surface area contributed by atoms with Crippen LogP contribution in [0.4, 0.5) is 0 Å². The van der Waals surface area contributed by atoms with Gasteiger partial charge in [-0.05, 0) is 37.5 Å². The van der Waals surface area contributed by atoms with Crippen LogP contribution >= 0.6 is 15.6 Å². The molecule has 6 atom stereocenters. The number of unbranched alkanes of at least 4 members (excludes halogenated alkanes) is 59. The molecule has 0 aromatic heterocycles. The lowest BCUT2D eigenvalue weighted by Crippen LogP contribution is -2.30. The van der Waals surface area contributed by atoms with Crippen LogP contribution in [-0.2, 0) is 65.4 Å². The number of hydrogen-bond acceptors (Lipinski definition) is 15. The van der Waals surface area contributed by atoms with E-state index in [4.69, 9.17) is 37.0 Å². The van der Waals surface area contributed by atoms with Crippen molar-refractivity contribution in [1.29, 1.82) is 0 Å². The molecule has 0 aliphatic heterocycles. The fraction of sp³-hybridized carbons (Fsp3) is 0.956. The molecule has 17 nitrogen and oxygen atoms in total. The first kappa shape index (κ1) is 108. The molecule has 0 aromatic rings. The highest BCUT2D eigenvalue weighted by Gasteiger charge is 2.31. The zero-order chi connectivity index (χ0) is 80.6. The first-order chi connectivity index (χ1) is 53.4. The van der Waals surface area contributed by atoms with E-state index in [-0.39, 0.29) is 25.7 Å². The molecule has 0 bridgehead atoms. The largest absolute Gasteiger partial charge is 0.472 e. The number of carbonyl (C=O) groups is 4. The minimum atomic E-state index is -4.97. The Labute approximate surface area is 677 Å². The second kappa shape index (κ2) is 82.2. The second-order valence-electron chi connectivity index (χ2n) is 33.4. The van der Waals surface area contributed by atoms with Crippen LogP contribution in [0.25, 0.3) is 0 Å². The van der Waals surface area contributed by atoms with E-state index in [1.165, 1.54) is 308 Å². The summed E-state index contributed by atoms with van der Waals surface area (Å²) >= 11 is 0. The molecule has 0 aliphatic carbocycles. The summed E-state index contributed by atoms with van der Waals surface area (Å²) in [4.78, 5) is 73.4. The highest BCUT2D eigenvalue weighted by molar-refractivity contribution is 7.47. The number of esters is 4. The van der Waals surface area contributed by atoms with Crippen LogP contribution in [0.5, 0.6) is 0 Å². The fourth-order valence-corrected chi connectivity index (χ4v) is 15.9. The maximum atomic E-state index is 13.2. The third kappa shape index (κ3) is 82.6. The Balaban J connectivity index is 5.21. The Kier molecular flexibility index (Phi) is 80.7. The molecule has 0 spiro atoms. The van der Waals surface area contributed by atoms with Gasteiger partial charge in [0.25, 0.3) is 0 Å². The van der Waals surface area contributed by atoms with Gasteiger partial charge in [0.2, 0.25) is 0 Å². The molecule has 0 saturated carbocycles. The standard InChI is InChI=1S/C91H178O17P2/c1-7-10-12-14-16-18-20-21-22-23-24-28-35-40-45-51-57-63-69-75-90(95)107-86(79-101-88(93)73-67-61-55-49-19-17-15-13-11-8-2)81-105-109(97,98)103-77-85(92)78-104-110(99,100)106-82-87(80-102-89(94)74-68-62-56-50-44-39-34-31-30-32-37-42-47-53-59-65-71-83(4)5)108-91(96)76-70-64-58-52-46-41-36-29-26-25-27-33-38-43-48-54-60-66-72-84(6)9-3/h83-87,92H,7-82H2,1-6H3,(H,97,98)(H,99,100)/t84?,85-,86+,87+/m0/s1. The van der Waals surface area contributed by atoms with E-state index in [0.29, 0.717) is 25.7 Å². The Bertz CT molecular complexity index is 2100. The van der Waals surface area contributed by atoms with Crippen molar-refractivity contribution in [3.8, 4) is 0 Å². The van der Waals surface area contributed by atoms with E-state index in [0.717, 1.165) is 102 Å². The third-order valence-corrected chi connectivity index (χ3v) is 23.7. The van der Waals surface area contributed by atoms with Gasteiger partial charge in [-0.2, -0.15) is 0 Å². The van der Waals surface area contributed by atoms with Crippen molar-refractivity contribution in [2.24, 2.45) is 11.8 Å². The molecule has 0 aromatic carbocycles. The van der Waals surface area contributed by atoms with Gasteiger partial charge >= 0.3 is 39.5 Å². The number of phosphoric acid groups is 2. The van der Waals surface area contributed by atoms with Gasteiger partial charge < -0.3 is 33.8 Å². The second-order valence-corrected chi connectivity index (χ2v) is 36.3. The molecule has 3 N–H and O–H groups in total. The minimum Gasteiger partial charge on any atom is -0.462 e. The molecule has 19 heteroatoms. The molecule has 3 unspecified atom stereocenters. The minimum absolute atomic E-state index is 0.109. The van der Waals surface area contributed by atoms with Crippen molar-refractivity contribution in [2.75, 3.05) is 39.6 Å². The Hall–Kier alpha value is -1.94. The summed E-state index contributed by atoms with van der Waals surface area (Å²) in [6.45, 7) is 9.80. The van der Waals surface area contributed by atoms with Gasteiger partial charge in [-0.1, -0.05) is 440 Å². The van der Waals surface area contributed by atoms with Crippen molar-refractivity contribution >= 4 is 39.5 Å². The zero-order valence-electron chi connectivity index (χ0n) is 72.6. The van der Waals surface area contributed by atoms with Crippen molar-refractivity contribution in [3.05, 3.63) is 0 Å². The number of ether oxygens (including phenoxy) is 4. The maximum absolute atomic E-state index is 13.2. The van der Waals surface area contributed by atoms with Crippen LogP contribution in [-0.4, -0.2) is 96.7 Å². The number of phosphoric ester groups is 2. The van der Waals surface area contributed by atoms with Crippen LogP contribution < -0.4 is 0 Å². The molecule has 0 heterocycles. The van der Waals surface area contributed by atoms with E-state index < -0.39 is 97.5 Å². The quantitative estimate of drug-likeness (QED) is 0.0222. The van der Waals surface area contributed by atoms with Gasteiger partial charge in [-0.3, -0.25) is 37.3 Å². The lowest BCUT2D eigenvalue weighted by molar-refractivity contribution is -0.161. The molecule has 0 saturated heterocycles. The lowest BCUT2D eigenvalue weighted by Gasteiger charge is -2.21. The summed E-state index contributed by atoms with van der Waals surface area (Å²) in [5, 5.41) is 10.7. The van der Waals surface area contributed by atoms with E-state index >= 15 is 0 Å². The van der Waals surface area contributed by atoms with Gasteiger partial charge in [0.15, 0.2) is 12.2 Å². The highest BCUT2D eigenvalue weighted by Crippen LogP contribution is 2.45. The molecular formula is C91H178O17P2. The van der Waals surface area contributed by atoms with Gasteiger partial charge in [0.1, 0.15) is 19.3 Å². The van der Waals surface area contributed by atoms with Crippen molar-refractivity contribution < 1.29 is 80.2 Å². The molecule has 0 rings (SSSR count). The summed E-state index contributed by atoms with van der Waals surface area (Å²) in [5.41, 5.74) is 0. The summed E-state index contributed by atoms with van der Waals surface area (Å²) in [5.74, 6) is -0.412. The SMILES string of the molecule is CCCCCCCCCCCCCCCCCCCCCC(=O)O[C@H](COC(=O)CCCCCCCCCCCC)COP(=O)(O)OC[C@H](O)COP(=O)(O)OC[C@@H](COC(=O)CCCCCCCCCCCCCCCCCCC(C)C)OC(=O)CCCCCCCCCCCCCCCCCCCCC(C)CC. The van der Waals surface area contributed by atoms with Gasteiger partial charge in [0.05, 0.1) is 26.4 Å². The normalized spacial score (nSPS) is 14.0. The lowest BCUT2D eigenvalue weighted by atomic mass is 9.99. The molecule has 0 amide bonds. The highest BCUT2D eigenvalue weighted by atomic mass is 31.2. The van der Waals surface area contributed by atoms with Crippen LogP contribution in [0.15, 0.2) is 0 Å². The molecule has 0 fully saturated rings. The summed E-state index contributed by atoms with van der Waals surface area (Å²) in [7, 11) is -9.93. The third-order valence-electron chi connectivity index (χ3n) is 21.8. The van der Waals surface area contributed by atoms with Crippen molar-refractivity contribution in [1.82, 2.24) is 0 Å². The molecule has 110 heavy (non-hydrogen) atoms.